The first-order valence-electron chi connectivity index (χ1n) is 49.7. The van der Waals surface area contributed by atoms with Crippen LogP contribution in [0.3, 0.4) is 0 Å². The second-order valence-electron chi connectivity index (χ2n) is 43.8. The Labute approximate surface area is 881 Å². The number of hydrogen-bond acceptors (Lipinski definition) is 14. The predicted octanol–water partition coefficient (Wildman–Crippen LogP) is 32.9. The van der Waals surface area contributed by atoms with Crippen molar-refractivity contribution in [2.45, 2.75) is 169 Å². The Morgan fingerprint density at radius 2 is 0.521 bits per heavy atom. The molecule has 0 radical (unpaired) electrons. The molecule has 12 aliphatic rings. The fourth-order valence-corrected chi connectivity index (χ4v) is 27.8. The Bertz CT molecular complexity index is 8820. The molecule has 0 amide bonds. The Kier molecular flexibility index (Phi) is 21.1. The Morgan fingerprint density at radius 3 is 0.877 bits per heavy atom. The van der Waals surface area contributed by atoms with Gasteiger partial charge in [-0.15, -0.1) is 22.7 Å². The first kappa shape index (κ1) is 92.8. The third-order valence-electron chi connectivity index (χ3n) is 32.8. The summed E-state index contributed by atoms with van der Waals surface area (Å²) in [7, 11) is -0.930. The molecule has 2 saturated heterocycles. The van der Waals surface area contributed by atoms with Crippen molar-refractivity contribution in [3.63, 3.8) is 0 Å². The summed E-state index contributed by atoms with van der Waals surface area (Å²) in [5.41, 5.74) is 48.2. The molecule has 4 N–H and O–H groups in total. The van der Waals surface area contributed by atoms with E-state index < -0.39 is 36.6 Å². The van der Waals surface area contributed by atoms with Crippen LogP contribution in [-0.4, -0.2) is 76.5 Å². The molecule has 0 unspecified atom stereocenters. The number of fused-ring (bicyclic) bond motifs is 30. The van der Waals surface area contributed by atoms with Crippen molar-refractivity contribution >= 4 is 217 Å². The third kappa shape index (κ3) is 14.3. The van der Waals surface area contributed by atoms with Crippen molar-refractivity contribution in [1.29, 1.82) is 0 Å². The topological polar surface area (TPSA) is 201 Å². The summed E-state index contributed by atoms with van der Waals surface area (Å²) < 4.78 is 47.2. The van der Waals surface area contributed by atoms with Crippen LogP contribution in [0, 0.1) is 13.8 Å². The normalized spacial score (nSPS) is 17.3. The van der Waals surface area contributed by atoms with Gasteiger partial charge in [-0.05, 0) is 339 Å². The lowest BCUT2D eigenvalue weighted by Gasteiger charge is -2.32. The summed E-state index contributed by atoms with van der Waals surface area (Å²) in [6.45, 7) is 39.4. The highest BCUT2D eigenvalue weighted by atomic mass is 79.9. The third-order valence-corrected chi connectivity index (χ3v) is 37.8. The van der Waals surface area contributed by atoms with Crippen molar-refractivity contribution in [1.82, 2.24) is 39.9 Å². The minimum absolute atomic E-state index is 0.122. The van der Waals surface area contributed by atoms with E-state index in [-0.39, 0.29) is 21.7 Å². The van der Waals surface area contributed by atoms with Gasteiger partial charge in [0.1, 0.15) is 22.7 Å². The van der Waals surface area contributed by atoms with Crippen LogP contribution in [0.25, 0.3) is 192 Å². The first-order chi connectivity index (χ1) is 70.0. The molecule has 718 valence electrons. The highest BCUT2D eigenvalue weighted by molar-refractivity contribution is 9.11. The molecule has 8 aromatic heterocycles. The smallest absolute Gasteiger partial charge is 0.399 e. The molecular weight excluding hydrogens is 2010 g/mol. The van der Waals surface area contributed by atoms with Crippen LogP contribution in [0.15, 0.2) is 245 Å². The molecule has 4 aliphatic carbocycles. The van der Waals surface area contributed by atoms with E-state index in [1.165, 1.54) is 112 Å². The maximum Gasteiger partial charge on any atom is 0.507 e. The van der Waals surface area contributed by atoms with Gasteiger partial charge in [0.05, 0.1) is 125 Å². The molecule has 8 aliphatic heterocycles. The standard InChI is InChI=1S/C56H42N6S2.C50H36Br2N4.C16H24B2N2O4S2/c1-29-41-19-21-43(57-41)49(31-15-17-35-33-11-7-9-13-37(33)55(3,4)39(35)27-31)45-23-25-47(59-45)51(54-53-52(30(2)63-54)61-64-62-53)48-26-24-46(60-48)50(44-22-20-42(29)58-44)32-16-18-36-34-12-8-10-14-38(34)56(5,6)40(36)28-32;1-49(2)33-11-7-5-9-29(33)31-15-13-27(25-35(31)49)45-37-17-21-41(53-37)47(51)43-23-19-39(55-43)46(40-20-24-44(56-40)48(52)42-22-18-38(45)54-42)28-14-16-32-30-10-6-8-12-34(30)50(3,4)36(32)26-28;1-13(2)14(3,4)22-17(21-13)11-9-10(20-26-19-9)12(25-11)18-23-15(5,6)16(7,8)24-18/h7-28,57,60H,1-6H3;5-26,53,56H,1-4H3;1-8H3. The molecule has 16 heterocycles. The maximum atomic E-state index is 6.23. The lowest BCUT2D eigenvalue weighted by Crippen LogP contribution is -2.41. The maximum absolute atomic E-state index is 6.23. The first-order valence-corrected chi connectivity index (χ1v) is 54.4. The van der Waals surface area contributed by atoms with E-state index in [0.29, 0.717) is 0 Å². The van der Waals surface area contributed by atoms with Gasteiger partial charge < -0.3 is 38.6 Å². The molecule has 28 rings (SSSR count). The van der Waals surface area contributed by atoms with Crippen LogP contribution < -0.4 is 9.55 Å². The fourth-order valence-electron chi connectivity index (χ4n) is 23.3. The van der Waals surface area contributed by atoms with E-state index in [9.17, 15) is 0 Å². The number of aromatic nitrogens is 8. The molecule has 0 saturated carbocycles. The zero-order chi connectivity index (χ0) is 100. The van der Waals surface area contributed by atoms with E-state index in [0.717, 1.165) is 196 Å². The van der Waals surface area contributed by atoms with Crippen LogP contribution in [-0.2, 0) is 63.0 Å². The number of rotatable bonds is 7. The summed E-state index contributed by atoms with van der Waals surface area (Å²) in [6, 6.07) is 80.3. The van der Waals surface area contributed by atoms with Crippen LogP contribution in [0.4, 0.5) is 22.7 Å². The zero-order valence-electron chi connectivity index (χ0n) is 84.2. The monoisotopic (exact) mass is 2110 g/mol. The molecule has 16 aromatic rings. The van der Waals surface area contributed by atoms with E-state index in [1.807, 2.05) is 55.4 Å². The van der Waals surface area contributed by atoms with Crippen molar-refractivity contribution < 1.29 is 18.6 Å². The number of thiophene rings is 2. The van der Waals surface area contributed by atoms with Gasteiger partial charge in [0.2, 0.25) is 0 Å². The number of H-pyrrole nitrogens is 4. The van der Waals surface area contributed by atoms with Gasteiger partial charge in [0, 0.05) is 87.5 Å². The minimum Gasteiger partial charge on any atom is -0.399 e. The van der Waals surface area contributed by atoms with Crippen LogP contribution >= 0.6 is 54.5 Å². The number of aromatic amines is 4. The minimum atomic E-state index is -0.465. The fraction of sp³-hybridized carbons (Fsp3) is 0.213. The molecule has 16 bridgehead atoms. The van der Waals surface area contributed by atoms with Crippen LogP contribution in [0.5, 0.6) is 0 Å². The molecule has 0 atom stereocenters. The number of benzene rings is 8. The number of nitrogens with zero attached hydrogens (tertiary/aromatic N) is 8. The second kappa shape index (κ2) is 33.2. The van der Waals surface area contributed by atoms with Crippen LogP contribution in [0.2, 0.25) is 0 Å². The van der Waals surface area contributed by atoms with E-state index >= 15 is 0 Å². The Balaban J connectivity index is 0.000000120. The van der Waals surface area contributed by atoms with Gasteiger partial charge in [-0.1, -0.05) is 201 Å². The number of aryl methyl sites for hydroxylation is 2. The lowest BCUT2D eigenvalue weighted by molar-refractivity contribution is 0.00578. The predicted molar refractivity (Wildman–Crippen MR) is 617 cm³/mol. The summed E-state index contributed by atoms with van der Waals surface area (Å²) in [5, 5.41) is 0. The second-order valence-corrected chi connectivity index (χ2v) is 48.7. The van der Waals surface area contributed by atoms with Crippen molar-refractivity contribution in [3.8, 4) is 99.5 Å². The molecule has 8 aromatic carbocycles. The van der Waals surface area contributed by atoms with E-state index in [1.54, 1.807) is 22.7 Å². The molecule has 24 heteroatoms. The molecule has 0 spiro atoms. The largest absolute Gasteiger partial charge is 0.507 e. The van der Waals surface area contributed by atoms with Gasteiger partial charge in [0.25, 0.3) is 0 Å². The average molecular weight is 2110 g/mol. The molecule has 2 fully saturated rings. The summed E-state index contributed by atoms with van der Waals surface area (Å²) in [5.74, 6) is 0. The van der Waals surface area contributed by atoms with E-state index in [2.05, 4.69) is 397 Å². The van der Waals surface area contributed by atoms with Gasteiger partial charge in [-0.3, -0.25) is 0 Å². The lowest BCUT2D eigenvalue weighted by atomic mass is 9.81. The van der Waals surface area contributed by atoms with Gasteiger partial charge in [-0.2, -0.15) is 17.5 Å². The average Bonchev–Trinajstić information content (AvgIpc) is 1.58. The van der Waals surface area contributed by atoms with E-state index in [4.69, 9.17) is 47.3 Å². The zero-order valence-corrected chi connectivity index (χ0v) is 90.6. The van der Waals surface area contributed by atoms with Crippen LogP contribution in [0.1, 0.15) is 211 Å². The van der Waals surface area contributed by atoms with Gasteiger partial charge >= 0.3 is 14.2 Å². The van der Waals surface area contributed by atoms with Gasteiger partial charge in [-0.25, -0.2) is 19.9 Å². The molecule has 146 heavy (non-hydrogen) atoms. The van der Waals surface area contributed by atoms with Crippen molar-refractivity contribution in [2.24, 2.45) is 17.5 Å². The summed E-state index contributed by atoms with van der Waals surface area (Å²) >= 11 is 13.7. The highest BCUT2D eigenvalue weighted by Gasteiger charge is 2.57. The molecular formula is C122H102B2Br2N12O4S4. The number of nitrogens with one attached hydrogen (secondary N) is 4. The summed E-state index contributed by atoms with van der Waals surface area (Å²) in [4.78, 5) is 39.2. The van der Waals surface area contributed by atoms with Crippen molar-refractivity contribution in [3.05, 3.63) is 328 Å². The SMILES string of the molecule is CC1(C)OB(c2sc(B3OC(C)(C)C(C)(C)O3)c3c2N=S=N3)OC1(C)C.CC1(C)c2ccccc2-c2ccc(-c3c4nc(c(Br)c5ccc([nH]5)c(-c5ccc6c(c5)C(C)(C)c5ccccc5-6)c5nc(c(Br)c6ccc3[nH]6)C=C5)C=C4)cc21.Cc1sc(-c2c3nc(c(-c4ccc5c(c4)C(C)(C)c4ccccc4-5)c4ccc([nH]4)c(C)c4nc(c(-c5ccc6c(c5)C(C)(C)c5ccccc5-6)c5ccc2[nH]5)C=C4)C=C3)c2c1N=S=N2. The Morgan fingerprint density at radius 1 is 0.260 bits per heavy atom. The quantitative estimate of drug-likeness (QED) is 0.113. The molecule has 16 nitrogen and oxygen atoms in total. The van der Waals surface area contributed by atoms with Gasteiger partial charge in [0.15, 0.2) is 0 Å². The summed E-state index contributed by atoms with van der Waals surface area (Å²) in [6.07, 6.45) is 17.2. The highest BCUT2D eigenvalue weighted by Crippen LogP contribution is 2.58. The number of hydrogen-bond donors (Lipinski definition) is 4. The number of halogens is 2. The van der Waals surface area contributed by atoms with Crippen molar-refractivity contribution in [2.75, 3.05) is 0 Å². The Hall–Kier alpha value is -13.1.